The Balaban J connectivity index is 1.28. The van der Waals surface area contributed by atoms with Gasteiger partial charge in [0.05, 0.1) is 23.3 Å². The highest BCUT2D eigenvalue weighted by Gasteiger charge is 2.38. The van der Waals surface area contributed by atoms with Crippen LogP contribution in [0.2, 0.25) is 0 Å². The first-order valence-corrected chi connectivity index (χ1v) is 9.50. The van der Waals surface area contributed by atoms with Gasteiger partial charge in [-0.05, 0) is 5.56 Å². The molecule has 0 aliphatic carbocycles. The van der Waals surface area contributed by atoms with Crippen molar-refractivity contribution in [3.05, 3.63) is 52.0 Å². The molecule has 0 radical (unpaired) electrons. The summed E-state index contributed by atoms with van der Waals surface area (Å²) in [4.78, 5) is 31.9. The highest BCUT2D eigenvalue weighted by atomic mass is 32.1. The van der Waals surface area contributed by atoms with Gasteiger partial charge in [0, 0.05) is 31.4 Å². The van der Waals surface area contributed by atoms with Crippen molar-refractivity contribution in [2.45, 2.75) is 19.0 Å². The summed E-state index contributed by atoms with van der Waals surface area (Å²) >= 11 is 1.61. The first-order chi connectivity index (χ1) is 12.7. The van der Waals surface area contributed by atoms with Crippen LogP contribution in [0.15, 0.2) is 35.7 Å². The molecule has 1 aromatic heterocycles. The summed E-state index contributed by atoms with van der Waals surface area (Å²) < 4.78 is 5.03. The zero-order chi connectivity index (χ0) is 17.9. The third-order valence-corrected chi connectivity index (χ3v) is 5.52. The number of rotatable bonds is 4. The van der Waals surface area contributed by atoms with Gasteiger partial charge in [-0.15, -0.1) is 11.3 Å². The average Bonchev–Trinajstić information content (AvgIpc) is 3.27. The highest BCUT2D eigenvalue weighted by molar-refractivity contribution is 7.09. The van der Waals surface area contributed by atoms with E-state index in [2.05, 4.69) is 22.4 Å². The van der Waals surface area contributed by atoms with Gasteiger partial charge >= 0.3 is 12.1 Å². The maximum atomic E-state index is 12.4. The Kier molecular flexibility index (Phi) is 4.75. The van der Waals surface area contributed by atoms with E-state index < -0.39 is 0 Å². The summed E-state index contributed by atoms with van der Waals surface area (Å²) in [5, 5.41) is 5.95. The van der Waals surface area contributed by atoms with Crippen molar-refractivity contribution in [2.75, 3.05) is 26.2 Å². The Morgan fingerprint density at radius 2 is 2.15 bits per heavy atom. The number of carbonyl (C=O) groups is 2. The lowest BCUT2D eigenvalue weighted by Gasteiger charge is -2.35. The minimum atomic E-state index is -0.275. The van der Waals surface area contributed by atoms with E-state index in [9.17, 15) is 9.59 Å². The fraction of sp³-hybridized carbons (Fsp3) is 0.389. The minimum Gasteiger partial charge on any atom is -0.447 e. The zero-order valence-corrected chi connectivity index (χ0v) is 15.1. The van der Waals surface area contributed by atoms with Crippen molar-refractivity contribution >= 4 is 23.5 Å². The summed E-state index contributed by atoms with van der Waals surface area (Å²) in [6.45, 7) is 2.32. The van der Waals surface area contributed by atoms with E-state index in [-0.39, 0.29) is 18.2 Å². The summed E-state index contributed by atoms with van der Waals surface area (Å²) in [6, 6.07) is 10.1. The zero-order valence-electron chi connectivity index (χ0n) is 14.3. The SMILES string of the molecule is O=C(NCc1csc(Cc2ccccc2)n1)N1CCN2C(=O)OC[C@@H]2C1. The molecule has 3 heterocycles. The lowest BCUT2D eigenvalue weighted by atomic mass is 10.2. The number of nitrogens with zero attached hydrogens (tertiary/aromatic N) is 3. The molecule has 2 saturated heterocycles. The molecule has 0 spiro atoms. The number of urea groups is 1. The number of cyclic esters (lactones) is 1. The average molecular weight is 372 g/mol. The number of hydrogen-bond acceptors (Lipinski definition) is 5. The van der Waals surface area contributed by atoms with Gasteiger partial charge in [-0.2, -0.15) is 0 Å². The molecule has 0 unspecified atom stereocenters. The van der Waals surface area contributed by atoms with Crippen LogP contribution in [0, 0.1) is 0 Å². The van der Waals surface area contributed by atoms with Crippen molar-refractivity contribution in [2.24, 2.45) is 0 Å². The molecule has 136 valence electrons. The third kappa shape index (κ3) is 3.65. The van der Waals surface area contributed by atoms with Crippen molar-refractivity contribution in [3.63, 3.8) is 0 Å². The van der Waals surface area contributed by atoms with Crippen molar-refractivity contribution in [1.29, 1.82) is 0 Å². The van der Waals surface area contributed by atoms with Crippen LogP contribution in [0.3, 0.4) is 0 Å². The van der Waals surface area contributed by atoms with E-state index in [1.807, 2.05) is 23.6 Å². The lowest BCUT2D eigenvalue weighted by molar-refractivity contribution is 0.127. The van der Waals surface area contributed by atoms with Gasteiger partial charge in [0.1, 0.15) is 6.61 Å². The standard InChI is InChI=1S/C18H20N4O3S/c23-17(21-6-7-22-15(10-21)11-25-18(22)24)19-9-14-12-26-16(20-14)8-13-4-2-1-3-5-13/h1-5,12,15H,6-11H2,(H,19,23)/t15-/m0/s1. The van der Waals surface area contributed by atoms with Gasteiger partial charge in [0.15, 0.2) is 0 Å². The van der Waals surface area contributed by atoms with Crippen LogP contribution < -0.4 is 5.32 Å². The van der Waals surface area contributed by atoms with Crippen LogP contribution in [0.25, 0.3) is 0 Å². The molecule has 2 aliphatic rings. The lowest BCUT2D eigenvalue weighted by Crippen LogP contribution is -2.55. The van der Waals surface area contributed by atoms with Gasteiger partial charge < -0.3 is 15.0 Å². The molecule has 7 nitrogen and oxygen atoms in total. The predicted octanol–water partition coefficient (Wildman–Crippen LogP) is 2.08. The van der Waals surface area contributed by atoms with Gasteiger partial charge in [0.25, 0.3) is 0 Å². The van der Waals surface area contributed by atoms with Crippen LogP contribution in [0.5, 0.6) is 0 Å². The molecule has 0 saturated carbocycles. The van der Waals surface area contributed by atoms with E-state index in [1.165, 1.54) is 5.56 Å². The van der Waals surface area contributed by atoms with E-state index >= 15 is 0 Å². The fourth-order valence-corrected chi connectivity index (χ4v) is 4.06. The van der Waals surface area contributed by atoms with E-state index in [0.29, 0.717) is 32.8 Å². The molecule has 2 aliphatic heterocycles. The first kappa shape index (κ1) is 16.8. The van der Waals surface area contributed by atoms with E-state index in [1.54, 1.807) is 21.1 Å². The summed E-state index contributed by atoms with van der Waals surface area (Å²) in [7, 11) is 0. The first-order valence-electron chi connectivity index (χ1n) is 8.62. The van der Waals surface area contributed by atoms with Gasteiger partial charge in [-0.1, -0.05) is 30.3 Å². The second-order valence-electron chi connectivity index (χ2n) is 6.42. The maximum absolute atomic E-state index is 12.4. The Labute approximate surface area is 155 Å². The largest absolute Gasteiger partial charge is 0.447 e. The normalized spacial score (nSPS) is 19.2. The number of hydrogen-bond donors (Lipinski definition) is 1. The monoisotopic (exact) mass is 372 g/mol. The Bertz CT molecular complexity index is 795. The van der Waals surface area contributed by atoms with Crippen LogP contribution in [-0.2, 0) is 17.7 Å². The number of fused-ring (bicyclic) bond motifs is 1. The Morgan fingerprint density at radius 3 is 3.00 bits per heavy atom. The summed E-state index contributed by atoms with van der Waals surface area (Å²) in [6.07, 6.45) is 0.528. The molecular formula is C18H20N4O3S. The number of aromatic nitrogens is 1. The Hall–Kier alpha value is -2.61. The second-order valence-corrected chi connectivity index (χ2v) is 7.37. The summed E-state index contributed by atoms with van der Waals surface area (Å²) in [5.74, 6) is 0. The maximum Gasteiger partial charge on any atom is 0.410 e. The number of thiazole rings is 1. The number of amides is 3. The fourth-order valence-electron chi connectivity index (χ4n) is 3.23. The minimum absolute atomic E-state index is 0.0289. The molecule has 4 rings (SSSR count). The second kappa shape index (κ2) is 7.33. The smallest absolute Gasteiger partial charge is 0.410 e. The molecule has 2 aromatic rings. The Morgan fingerprint density at radius 1 is 1.31 bits per heavy atom. The number of carbonyl (C=O) groups excluding carboxylic acids is 2. The number of piperazine rings is 1. The molecule has 26 heavy (non-hydrogen) atoms. The van der Waals surface area contributed by atoms with Crippen molar-refractivity contribution in [3.8, 4) is 0 Å². The van der Waals surface area contributed by atoms with Crippen molar-refractivity contribution in [1.82, 2.24) is 20.1 Å². The topological polar surface area (TPSA) is 74.8 Å². The van der Waals surface area contributed by atoms with Crippen LogP contribution in [-0.4, -0.2) is 59.2 Å². The number of nitrogens with one attached hydrogen (secondary N) is 1. The molecule has 8 heteroatoms. The molecule has 2 fully saturated rings. The summed E-state index contributed by atoms with van der Waals surface area (Å²) in [5.41, 5.74) is 2.09. The molecule has 1 aromatic carbocycles. The molecular weight excluding hydrogens is 352 g/mol. The van der Waals surface area contributed by atoms with E-state index in [4.69, 9.17) is 4.74 Å². The quantitative estimate of drug-likeness (QED) is 0.892. The molecule has 0 bridgehead atoms. The van der Waals surface area contributed by atoms with E-state index in [0.717, 1.165) is 17.1 Å². The predicted molar refractivity (Wildman–Crippen MR) is 97.0 cm³/mol. The molecule has 1 atom stereocenters. The van der Waals surface area contributed by atoms with Crippen molar-refractivity contribution < 1.29 is 14.3 Å². The molecule has 1 N–H and O–H groups in total. The van der Waals surface area contributed by atoms with Gasteiger partial charge in [-0.3, -0.25) is 4.90 Å². The third-order valence-electron chi connectivity index (χ3n) is 4.62. The molecule has 3 amide bonds. The number of ether oxygens (including phenoxy) is 1. The number of benzene rings is 1. The van der Waals surface area contributed by atoms with Crippen LogP contribution >= 0.6 is 11.3 Å². The van der Waals surface area contributed by atoms with Gasteiger partial charge in [0.2, 0.25) is 0 Å². The van der Waals surface area contributed by atoms with Crippen LogP contribution in [0.1, 0.15) is 16.3 Å². The van der Waals surface area contributed by atoms with Gasteiger partial charge in [-0.25, -0.2) is 14.6 Å². The highest BCUT2D eigenvalue weighted by Crippen LogP contribution is 2.18. The van der Waals surface area contributed by atoms with Crippen LogP contribution in [0.4, 0.5) is 9.59 Å².